The molecule has 0 aliphatic rings. The molecule has 0 saturated heterocycles. The maximum absolute atomic E-state index is 12.1. The Morgan fingerprint density at radius 1 is 1.45 bits per heavy atom. The van der Waals surface area contributed by atoms with Crippen molar-refractivity contribution < 1.29 is 13.2 Å². The summed E-state index contributed by atoms with van der Waals surface area (Å²) >= 11 is 3.25. The zero-order chi connectivity index (χ0) is 15.5. The SMILES string of the molecule is CCC(C)CNC(=O)c1cc(S(=O)(=O)Cl)cc(Br)c1C. The molecule has 0 aliphatic carbocycles. The largest absolute Gasteiger partial charge is 0.352 e. The maximum Gasteiger partial charge on any atom is 0.261 e. The second kappa shape index (κ2) is 6.91. The van der Waals surface area contributed by atoms with Gasteiger partial charge in [-0.2, -0.15) is 0 Å². The van der Waals surface area contributed by atoms with Gasteiger partial charge < -0.3 is 5.32 Å². The molecule has 0 aromatic heterocycles. The van der Waals surface area contributed by atoms with Crippen molar-refractivity contribution in [2.45, 2.75) is 32.1 Å². The number of benzene rings is 1. The van der Waals surface area contributed by atoms with Crippen LogP contribution in [0.2, 0.25) is 0 Å². The molecule has 0 bridgehead atoms. The first-order valence-electron chi connectivity index (χ1n) is 6.19. The molecule has 1 atom stereocenters. The van der Waals surface area contributed by atoms with E-state index < -0.39 is 9.05 Å². The number of carbonyl (C=O) groups excluding carboxylic acids is 1. The van der Waals surface area contributed by atoms with Gasteiger partial charge in [0, 0.05) is 27.3 Å². The first-order chi connectivity index (χ1) is 9.16. The molecule has 0 aliphatic heterocycles. The van der Waals surface area contributed by atoms with Crippen molar-refractivity contribution in [2.24, 2.45) is 5.92 Å². The van der Waals surface area contributed by atoms with Gasteiger partial charge in [0.05, 0.1) is 4.90 Å². The van der Waals surface area contributed by atoms with Gasteiger partial charge in [-0.15, -0.1) is 0 Å². The zero-order valence-corrected chi connectivity index (χ0v) is 14.7. The van der Waals surface area contributed by atoms with Crippen LogP contribution in [0.5, 0.6) is 0 Å². The number of hydrogen-bond acceptors (Lipinski definition) is 3. The first kappa shape index (κ1) is 17.5. The lowest BCUT2D eigenvalue weighted by Crippen LogP contribution is -2.28. The Morgan fingerprint density at radius 3 is 2.55 bits per heavy atom. The Labute approximate surface area is 132 Å². The van der Waals surface area contributed by atoms with Gasteiger partial charge in [-0.25, -0.2) is 8.42 Å². The number of rotatable bonds is 5. The van der Waals surface area contributed by atoms with Crippen LogP contribution in [0.1, 0.15) is 36.2 Å². The minimum Gasteiger partial charge on any atom is -0.352 e. The lowest BCUT2D eigenvalue weighted by atomic mass is 10.1. The molecule has 4 nitrogen and oxygen atoms in total. The zero-order valence-electron chi connectivity index (χ0n) is 11.5. The average molecular weight is 383 g/mol. The third-order valence-electron chi connectivity index (χ3n) is 3.15. The molecule has 0 spiro atoms. The van der Waals surface area contributed by atoms with E-state index in [-0.39, 0.29) is 10.8 Å². The Bertz CT molecular complexity index is 616. The maximum atomic E-state index is 12.1. The summed E-state index contributed by atoms with van der Waals surface area (Å²) in [4.78, 5) is 12.1. The van der Waals surface area contributed by atoms with Crippen molar-refractivity contribution >= 4 is 41.6 Å². The van der Waals surface area contributed by atoms with E-state index in [1.54, 1.807) is 6.92 Å². The molecule has 0 fully saturated rings. The molecule has 20 heavy (non-hydrogen) atoms. The van der Waals surface area contributed by atoms with Crippen LogP contribution >= 0.6 is 26.6 Å². The molecule has 1 aromatic rings. The van der Waals surface area contributed by atoms with Gasteiger partial charge in [0.25, 0.3) is 15.0 Å². The predicted octanol–water partition coefficient (Wildman–Crippen LogP) is 3.46. The van der Waals surface area contributed by atoms with E-state index in [0.717, 1.165) is 6.42 Å². The molecule has 1 rings (SSSR count). The van der Waals surface area contributed by atoms with E-state index in [1.165, 1.54) is 12.1 Å². The highest BCUT2D eigenvalue weighted by Crippen LogP contribution is 2.26. The van der Waals surface area contributed by atoms with Crippen LogP contribution in [0.4, 0.5) is 0 Å². The van der Waals surface area contributed by atoms with Crippen LogP contribution in [-0.2, 0) is 9.05 Å². The molecule has 0 saturated carbocycles. The molecule has 7 heteroatoms. The van der Waals surface area contributed by atoms with E-state index in [1.807, 2.05) is 13.8 Å². The summed E-state index contributed by atoms with van der Waals surface area (Å²) in [6.07, 6.45) is 0.957. The fourth-order valence-corrected chi connectivity index (χ4v) is 2.93. The minimum absolute atomic E-state index is 0.0923. The predicted molar refractivity (Wildman–Crippen MR) is 83.7 cm³/mol. The summed E-state index contributed by atoms with van der Waals surface area (Å²) in [5.74, 6) is 0.0632. The number of hydrogen-bond donors (Lipinski definition) is 1. The van der Waals surface area contributed by atoms with Crippen LogP contribution in [0.3, 0.4) is 0 Å². The smallest absolute Gasteiger partial charge is 0.261 e. The highest BCUT2D eigenvalue weighted by Gasteiger charge is 2.18. The van der Waals surface area contributed by atoms with Crippen molar-refractivity contribution in [2.75, 3.05) is 6.54 Å². The fourth-order valence-electron chi connectivity index (χ4n) is 1.54. The Morgan fingerprint density at radius 2 is 2.05 bits per heavy atom. The molecule has 1 unspecified atom stereocenters. The van der Waals surface area contributed by atoms with Gasteiger partial charge in [-0.3, -0.25) is 4.79 Å². The summed E-state index contributed by atoms with van der Waals surface area (Å²) in [6, 6.07) is 2.69. The molecule has 0 heterocycles. The van der Waals surface area contributed by atoms with Crippen LogP contribution in [-0.4, -0.2) is 20.9 Å². The number of carbonyl (C=O) groups is 1. The monoisotopic (exact) mass is 381 g/mol. The van der Waals surface area contributed by atoms with E-state index >= 15 is 0 Å². The standard InChI is InChI=1S/C13H17BrClNO3S/c1-4-8(2)7-16-13(17)11-5-10(20(15,18)19)6-12(14)9(11)3/h5-6,8H,4,7H2,1-3H3,(H,16,17). The van der Waals surface area contributed by atoms with Crippen LogP contribution in [0, 0.1) is 12.8 Å². The topological polar surface area (TPSA) is 63.2 Å². The van der Waals surface area contributed by atoms with Crippen molar-refractivity contribution in [3.8, 4) is 0 Å². The van der Waals surface area contributed by atoms with Crippen LogP contribution < -0.4 is 5.32 Å². The molecule has 0 radical (unpaired) electrons. The Hall–Kier alpha value is -0.590. The third kappa shape index (κ3) is 4.46. The quantitative estimate of drug-likeness (QED) is 0.793. The van der Waals surface area contributed by atoms with Gasteiger partial charge in [0.1, 0.15) is 0 Å². The molecule has 1 N–H and O–H groups in total. The van der Waals surface area contributed by atoms with Gasteiger partial charge in [0.15, 0.2) is 0 Å². The minimum atomic E-state index is -3.87. The van der Waals surface area contributed by atoms with E-state index in [9.17, 15) is 13.2 Å². The lowest BCUT2D eigenvalue weighted by molar-refractivity contribution is 0.0947. The molecule has 1 amide bonds. The Kier molecular flexibility index (Phi) is 6.04. The lowest BCUT2D eigenvalue weighted by Gasteiger charge is -2.13. The number of nitrogens with one attached hydrogen (secondary N) is 1. The summed E-state index contributed by atoms with van der Waals surface area (Å²) in [7, 11) is 1.46. The first-order valence-corrected chi connectivity index (χ1v) is 9.30. The number of amides is 1. The second-order valence-electron chi connectivity index (χ2n) is 4.74. The summed E-state index contributed by atoms with van der Waals surface area (Å²) in [6.45, 7) is 6.36. The molecule has 112 valence electrons. The van der Waals surface area contributed by atoms with E-state index in [0.29, 0.717) is 28.1 Å². The molecular formula is C13H17BrClNO3S. The van der Waals surface area contributed by atoms with Crippen molar-refractivity contribution in [3.05, 3.63) is 27.7 Å². The molecule has 1 aromatic carbocycles. The van der Waals surface area contributed by atoms with Crippen LogP contribution in [0.15, 0.2) is 21.5 Å². The third-order valence-corrected chi connectivity index (χ3v) is 5.31. The van der Waals surface area contributed by atoms with Gasteiger partial charge >= 0.3 is 0 Å². The van der Waals surface area contributed by atoms with Crippen molar-refractivity contribution in [1.82, 2.24) is 5.32 Å². The van der Waals surface area contributed by atoms with Crippen molar-refractivity contribution in [1.29, 1.82) is 0 Å². The van der Waals surface area contributed by atoms with E-state index in [4.69, 9.17) is 10.7 Å². The number of halogens is 2. The summed E-state index contributed by atoms with van der Waals surface area (Å²) in [5.41, 5.74) is 0.984. The highest BCUT2D eigenvalue weighted by atomic mass is 79.9. The van der Waals surface area contributed by atoms with Gasteiger partial charge in [-0.05, 0) is 30.5 Å². The summed E-state index contributed by atoms with van der Waals surface area (Å²) < 4.78 is 23.3. The van der Waals surface area contributed by atoms with E-state index in [2.05, 4.69) is 21.2 Å². The summed E-state index contributed by atoms with van der Waals surface area (Å²) in [5, 5.41) is 2.80. The Balaban J connectivity index is 3.11. The van der Waals surface area contributed by atoms with Crippen molar-refractivity contribution in [3.63, 3.8) is 0 Å². The fraction of sp³-hybridized carbons (Fsp3) is 0.462. The second-order valence-corrected chi connectivity index (χ2v) is 8.16. The average Bonchev–Trinajstić information content (AvgIpc) is 2.37. The van der Waals surface area contributed by atoms with Crippen LogP contribution in [0.25, 0.3) is 0 Å². The highest BCUT2D eigenvalue weighted by molar-refractivity contribution is 9.10. The normalized spacial score (nSPS) is 13.1. The van der Waals surface area contributed by atoms with Gasteiger partial charge in [-0.1, -0.05) is 36.2 Å². The van der Waals surface area contributed by atoms with Gasteiger partial charge in [0.2, 0.25) is 0 Å². The molecular weight excluding hydrogens is 366 g/mol.